The van der Waals surface area contributed by atoms with Crippen molar-refractivity contribution in [2.24, 2.45) is 0 Å². The summed E-state index contributed by atoms with van der Waals surface area (Å²) in [6.45, 7) is 2.25. The van der Waals surface area contributed by atoms with Crippen LogP contribution >= 0.6 is 11.3 Å². The molecule has 2 aromatic carbocycles. The first-order valence-electron chi connectivity index (χ1n) is 7.48. The van der Waals surface area contributed by atoms with E-state index in [1.165, 1.54) is 11.3 Å². The molecule has 3 rings (SSSR count). The molecule has 0 saturated carbocycles. The quantitative estimate of drug-likeness (QED) is 0.731. The lowest BCUT2D eigenvalue weighted by Gasteiger charge is -2.07. The van der Waals surface area contributed by atoms with Crippen molar-refractivity contribution in [2.45, 2.75) is 18.2 Å². The number of aryl methyl sites for hydroxylation is 1. The molecule has 1 heterocycles. The van der Waals surface area contributed by atoms with Gasteiger partial charge in [-0.2, -0.15) is 0 Å². The van der Waals surface area contributed by atoms with Gasteiger partial charge in [0.1, 0.15) is 5.75 Å². The molecule has 5 nitrogen and oxygen atoms in total. The summed E-state index contributed by atoms with van der Waals surface area (Å²) >= 11 is 1.49. The summed E-state index contributed by atoms with van der Waals surface area (Å²) in [6.07, 6.45) is 0.616. The van der Waals surface area contributed by atoms with Crippen molar-refractivity contribution >= 4 is 31.6 Å². The molecule has 24 heavy (non-hydrogen) atoms. The van der Waals surface area contributed by atoms with E-state index in [0.717, 1.165) is 26.5 Å². The van der Waals surface area contributed by atoms with Gasteiger partial charge in [-0.25, -0.2) is 18.1 Å². The van der Waals surface area contributed by atoms with Crippen LogP contribution in [0, 0.1) is 6.92 Å². The third-order valence-electron chi connectivity index (χ3n) is 3.64. The van der Waals surface area contributed by atoms with Gasteiger partial charge in [0, 0.05) is 6.54 Å². The molecule has 1 aromatic heterocycles. The largest absolute Gasteiger partial charge is 0.497 e. The van der Waals surface area contributed by atoms with E-state index >= 15 is 0 Å². The number of benzene rings is 2. The predicted octanol–water partition coefficient (Wildman–Crippen LogP) is 3.13. The number of aromatic nitrogens is 1. The number of sulfonamides is 1. The third kappa shape index (κ3) is 3.75. The Labute approximate surface area is 145 Å². The molecule has 0 aliphatic rings. The first-order chi connectivity index (χ1) is 11.5. The fraction of sp³-hybridized carbons (Fsp3) is 0.235. The normalized spacial score (nSPS) is 11.8. The van der Waals surface area contributed by atoms with E-state index in [1.807, 2.05) is 31.2 Å². The van der Waals surface area contributed by atoms with E-state index in [9.17, 15) is 8.42 Å². The Morgan fingerprint density at radius 2 is 1.92 bits per heavy atom. The highest BCUT2D eigenvalue weighted by Gasteiger charge is 2.15. The van der Waals surface area contributed by atoms with E-state index < -0.39 is 10.0 Å². The average molecular weight is 362 g/mol. The molecule has 0 unspecified atom stereocenters. The van der Waals surface area contributed by atoms with Crippen molar-refractivity contribution in [3.05, 3.63) is 53.0 Å². The van der Waals surface area contributed by atoms with E-state index in [4.69, 9.17) is 4.74 Å². The molecule has 3 aromatic rings. The van der Waals surface area contributed by atoms with Crippen LogP contribution in [0.15, 0.2) is 47.4 Å². The molecule has 0 spiro atoms. The molecule has 0 atom stereocenters. The minimum Gasteiger partial charge on any atom is -0.497 e. The summed E-state index contributed by atoms with van der Waals surface area (Å²) < 4.78 is 33.5. The van der Waals surface area contributed by atoms with Crippen LogP contribution < -0.4 is 9.46 Å². The number of hydrogen-bond acceptors (Lipinski definition) is 5. The van der Waals surface area contributed by atoms with Crippen molar-refractivity contribution < 1.29 is 13.2 Å². The minimum atomic E-state index is -3.52. The SMILES string of the molecule is COc1ccc(CCNS(=O)(=O)c2ccc3nc(C)sc3c2)cc1. The number of ether oxygens (including phenoxy) is 1. The molecule has 0 saturated heterocycles. The highest BCUT2D eigenvalue weighted by atomic mass is 32.2. The topological polar surface area (TPSA) is 68.3 Å². The summed E-state index contributed by atoms with van der Waals surface area (Å²) in [5, 5.41) is 0.923. The van der Waals surface area contributed by atoms with Gasteiger partial charge >= 0.3 is 0 Å². The van der Waals surface area contributed by atoms with Gasteiger partial charge in [0.25, 0.3) is 0 Å². The van der Waals surface area contributed by atoms with Crippen LogP contribution in [0.5, 0.6) is 5.75 Å². The lowest BCUT2D eigenvalue weighted by atomic mass is 10.1. The highest BCUT2D eigenvalue weighted by Crippen LogP contribution is 2.24. The number of nitrogens with zero attached hydrogens (tertiary/aromatic N) is 1. The zero-order valence-corrected chi connectivity index (χ0v) is 15.1. The van der Waals surface area contributed by atoms with E-state index in [0.29, 0.717) is 13.0 Å². The van der Waals surface area contributed by atoms with Gasteiger partial charge in [-0.15, -0.1) is 11.3 Å². The summed E-state index contributed by atoms with van der Waals surface area (Å²) in [6, 6.07) is 12.6. The summed E-state index contributed by atoms with van der Waals surface area (Å²) in [5.41, 5.74) is 1.88. The van der Waals surface area contributed by atoms with Crippen molar-refractivity contribution in [1.29, 1.82) is 0 Å². The Morgan fingerprint density at radius 3 is 2.62 bits per heavy atom. The van der Waals surface area contributed by atoms with E-state index in [-0.39, 0.29) is 4.90 Å². The van der Waals surface area contributed by atoms with E-state index in [1.54, 1.807) is 25.3 Å². The van der Waals surface area contributed by atoms with E-state index in [2.05, 4.69) is 9.71 Å². The molecule has 0 radical (unpaired) electrons. The number of methoxy groups -OCH3 is 1. The summed E-state index contributed by atoms with van der Waals surface area (Å²) in [4.78, 5) is 4.62. The number of rotatable bonds is 6. The van der Waals surface area contributed by atoms with Crippen molar-refractivity contribution in [3.63, 3.8) is 0 Å². The van der Waals surface area contributed by atoms with Gasteiger partial charge < -0.3 is 4.74 Å². The molecule has 126 valence electrons. The highest BCUT2D eigenvalue weighted by molar-refractivity contribution is 7.89. The lowest BCUT2D eigenvalue weighted by molar-refractivity contribution is 0.414. The first-order valence-corrected chi connectivity index (χ1v) is 9.78. The Balaban J connectivity index is 1.67. The van der Waals surface area contributed by atoms with Gasteiger partial charge in [-0.05, 0) is 49.2 Å². The predicted molar refractivity (Wildman–Crippen MR) is 96.2 cm³/mol. The maximum Gasteiger partial charge on any atom is 0.240 e. The number of hydrogen-bond donors (Lipinski definition) is 1. The van der Waals surface area contributed by atoms with Crippen LogP contribution in [0.4, 0.5) is 0 Å². The zero-order chi connectivity index (χ0) is 17.2. The van der Waals surface area contributed by atoms with Gasteiger partial charge in [-0.3, -0.25) is 0 Å². The molecule has 0 aliphatic carbocycles. The summed E-state index contributed by atoms with van der Waals surface area (Å²) in [5.74, 6) is 0.785. The second-order valence-electron chi connectivity index (χ2n) is 5.36. The lowest BCUT2D eigenvalue weighted by Crippen LogP contribution is -2.25. The Kier molecular flexibility index (Phi) is 4.84. The van der Waals surface area contributed by atoms with Gasteiger partial charge in [-0.1, -0.05) is 12.1 Å². The second kappa shape index (κ2) is 6.88. The maximum atomic E-state index is 12.4. The molecular formula is C17H18N2O3S2. The molecular weight excluding hydrogens is 344 g/mol. The van der Waals surface area contributed by atoms with Crippen LogP contribution in [0.3, 0.4) is 0 Å². The monoisotopic (exact) mass is 362 g/mol. The number of nitrogens with one attached hydrogen (secondary N) is 1. The van der Waals surface area contributed by atoms with Crippen LogP contribution in [-0.4, -0.2) is 27.1 Å². The molecule has 1 N–H and O–H groups in total. The Bertz CT molecular complexity index is 948. The molecule has 0 amide bonds. The molecule has 7 heteroatoms. The zero-order valence-electron chi connectivity index (χ0n) is 13.4. The summed E-state index contributed by atoms with van der Waals surface area (Å²) in [7, 11) is -1.91. The van der Waals surface area contributed by atoms with Gasteiger partial charge in [0.15, 0.2) is 0 Å². The molecule has 0 fully saturated rings. The minimum absolute atomic E-state index is 0.272. The van der Waals surface area contributed by atoms with Crippen LogP contribution in [0.1, 0.15) is 10.6 Å². The van der Waals surface area contributed by atoms with Gasteiger partial charge in [0.05, 0.1) is 27.2 Å². The number of thiazole rings is 1. The van der Waals surface area contributed by atoms with Gasteiger partial charge in [0.2, 0.25) is 10.0 Å². The fourth-order valence-electron chi connectivity index (χ4n) is 2.39. The second-order valence-corrected chi connectivity index (χ2v) is 8.36. The van der Waals surface area contributed by atoms with Crippen LogP contribution in [0.2, 0.25) is 0 Å². The molecule has 0 bridgehead atoms. The maximum absolute atomic E-state index is 12.4. The smallest absolute Gasteiger partial charge is 0.240 e. The fourth-order valence-corrected chi connectivity index (χ4v) is 4.39. The first kappa shape index (κ1) is 16.9. The van der Waals surface area contributed by atoms with Crippen molar-refractivity contribution in [2.75, 3.05) is 13.7 Å². The van der Waals surface area contributed by atoms with Crippen LogP contribution in [-0.2, 0) is 16.4 Å². The Morgan fingerprint density at radius 1 is 1.17 bits per heavy atom. The molecule has 0 aliphatic heterocycles. The van der Waals surface area contributed by atoms with Crippen LogP contribution in [0.25, 0.3) is 10.2 Å². The average Bonchev–Trinajstić information content (AvgIpc) is 2.94. The standard InChI is InChI=1S/C17H18N2O3S2/c1-12-19-16-8-7-15(11-17(16)23-12)24(20,21)18-10-9-13-3-5-14(22-2)6-4-13/h3-8,11,18H,9-10H2,1-2H3. The Hall–Kier alpha value is -1.96. The number of fused-ring (bicyclic) bond motifs is 1. The van der Waals surface area contributed by atoms with Crippen molar-refractivity contribution in [3.8, 4) is 5.75 Å². The third-order valence-corrected chi connectivity index (χ3v) is 6.03. The van der Waals surface area contributed by atoms with Crippen molar-refractivity contribution in [1.82, 2.24) is 9.71 Å².